The first-order valence-corrected chi connectivity index (χ1v) is 10.3. The molecule has 33 heavy (non-hydrogen) atoms. The van der Waals surface area contributed by atoms with Crippen molar-refractivity contribution in [2.45, 2.75) is 47.1 Å². The molecule has 0 spiro atoms. The molecule has 1 aromatic rings. The van der Waals surface area contributed by atoms with Gasteiger partial charge in [-0.15, -0.1) is 30.3 Å². The standard InChI is InChI=1S/C11H12NO.4C2H3N.F6P.Ru/c1-11(2)8-13-10(12-11)9-6-4-3-5-7-9;4*1-2-3;1-7(2,3,4,5)6;/h3-6H,8H2,1-2H3;4*1H3;;/q-1;;;;;-1;+2. The zero-order valence-electron chi connectivity index (χ0n) is 18.7. The van der Waals surface area contributed by atoms with Crippen molar-refractivity contribution in [2.75, 3.05) is 6.61 Å². The first-order chi connectivity index (χ1) is 14.3. The molecular formula is C19H24F6N5OPRu. The number of halogens is 6. The fourth-order valence-electron chi connectivity index (χ4n) is 1.25. The van der Waals surface area contributed by atoms with Crippen molar-refractivity contribution in [2.24, 2.45) is 4.99 Å². The number of rotatable bonds is 1. The maximum Gasteiger partial charge on any atom is 2.00 e. The van der Waals surface area contributed by atoms with Crippen LogP contribution >= 0.6 is 7.81 Å². The second kappa shape index (κ2) is 17.8. The van der Waals surface area contributed by atoms with Crippen LogP contribution in [0.25, 0.3) is 0 Å². The summed E-state index contributed by atoms with van der Waals surface area (Å²) in [4.78, 5) is 4.45. The molecular weight excluding hydrogens is 560 g/mol. The van der Waals surface area contributed by atoms with E-state index in [0.29, 0.717) is 12.5 Å². The molecule has 0 amide bonds. The molecule has 0 bridgehead atoms. The monoisotopic (exact) mass is 585 g/mol. The van der Waals surface area contributed by atoms with Crippen LogP contribution in [0.1, 0.15) is 47.1 Å². The zero-order valence-corrected chi connectivity index (χ0v) is 21.4. The van der Waals surface area contributed by atoms with Crippen molar-refractivity contribution in [3.05, 3.63) is 35.9 Å². The van der Waals surface area contributed by atoms with Gasteiger partial charge in [0.05, 0.1) is 29.8 Å². The van der Waals surface area contributed by atoms with Crippen molar-refractivity contribution < 1.29 is 49.4 Å². The molecule has 0 radical (unpaired) electrons. The minimum atomic E-state index is -10.7. The van der Waals surface area contributed by atoms with Crippen LogP contribution in [-0.4, -0.2) is 18.0 Å². The van der Waals surface area contributed by atoms with Gasteiger partial charge in [-0.1, -0.05) is 5.56 Å². The summed E-state index contributed by atoms with van der Waals surface area (Å²) in [5, 5.41) is 29.3. The number of hydrogen-bond acceptors (Lipinski definition) is 6. The first-order valence-electron chi connectivity index (χ1n) is 8.28. The Balaban J connectivity index is -0.000000112. The number of nitrogens with zero attached hydrogens (tertiary/aromatic N) is 5. The minimum absolute atomic E-state index is 0. The van der Waals surface area contributed by atoms with Crippen LogP contribution in [-0.2, 0) is 24.2 Å². The van der Waals surface area contributed by atoms with Gasteiger partial charge in [0.25, 0.3) is 0 Å². The fraction of sp³-hybridized carbons (Fsp3) is 0.421. The summed E-state index contributed by atoms with van der Waals surface area (Å²) in [7, 11) is -10.7. The van der Waals surface area contributed by atoms with Gasteiger partial charge in [0.2, 0.25) is 0 Å². The fourth-order valence-corrected chi connectivity index (χ4v) is 1.25. The van der Waals surface area contributed by atoms with Gasteiger partial charge in [-0.05, 0) is 13.8 Å². The van der Waals surface area contributed by atoms with Gasteiger partial charge >= 0.3 is 52.5 Å². The van der Waals surface area contributed by atoms with Crippen LogP contribution < -0.4 is 0 Å². The van der Waals surface area contributed by atoms with Crippen LogP contribution in [0, 0.1) is 51.4 Å². The van der Waals surface area contributed by atoms with Gasteiger partial charge in [-0.25, -0.2) is 0 Å². The van der Waals surface area contributed by atoms with Gasteiger partial charge in [0.15, 0.2) is 0 Å². The maximum absolute atomic E-state index is 10.7. The van der Waals surface area contributed by atoms with Crippen molar-refractivity contribution >= 4 is 13.7 Å². The molecule has 0 N–H and O–H groups in total. The molecule has 0 unspecified atom stereocenters. The number of aliphatic imine (C=N–C) groups is 1. The van der Waals surface area contributed by atoms with Crippen molar-refractivity contribution in [1.29, 1.82) is 21.0 Å². The molecule has 1 aliphatic rings. The Morgan fingerprint density at radius 3 is 1.42 bits per heavy atom. The second-order valence-corrected chi connectivity index (χ2v) is 7.56. The van der Waals surface area contributed by atoms with Crippen LogP contribution in [0.2, 0.25) is 0 Å². The quantitative estimate of drug-likeness (QED) is 0.146. The summed E-state index contributed by atoms with van der Waals surface area (Å²) in [5.74, 6) is 0.714. The van der Waals surface area contributed by atoms with Crippen LogP contribution in [0.5, 0.6) is 0 Å². The number of nitriles is 4. The molecule has 0 saturated heterocycles. The summed E-state index contributed by atoms with van der Waals surface area (Å²) in [6, 6.07) is 17.8. The van der Waals surface area contributed by atoms with E-state index >= 15 is 0 Å². The molecule has 0 saturated carbocycles. The average Bonchev–Trinajstić information content (AvgIpc) is 2.96. The Morgan fingerprint density at radius 2 is 1.21 bits per heavy atom. The maximum atomic E-state index is 9.87. The normalized spacial score (nSPS) is 13.5. The van der Waals surface area contributed by atoms with E-state index in [4.69, 9.17) is 25.8 Å². The van der Waals surface area contributed by atoms with Gasteiger partial charge in [0.1, 0.15) is 12.5 Å². The summed E-state index contributed by atoms with van der Waals surface area (Å²) in [6.07, 6.45) is 0. The summed E-state index contributed by atoms with van der Waals surface area (Å²) >= 11 is 0. The first kappa shape index (κ1) is 40.6. The average molecular weight is 584 g/mol. The summed E-state index contributed by atoms with van der Waals surface area (Å²) in [6.45, 7) is 10.5. The van der Waals surface area contributed by atoms with Crippen molar-refractivity contribution in [3.63, 3.8) is 0 Å². The SMILES string of the molecule is CC#N.CC#N.CC#N.CC#N.CC1(C)COC(c2[c-]cccc2)=N1.F[P-](F)(F)(F)(F)F.[Ru+2]. The third-order valence-electron chi connectivity index (χ3n) is 1.91. The van der Waals surface area contributed by atoms with Crippen LogP contribution in [0.15, 0.2) is 29.3 Å². The van der Waals surface area contributed by atoms with Gasteiger partial charge in [0, 0.05) is 27.7 Å². The van der Waals surface area contributed by atoms with E-state index in [0.717, 1.165) is 5.56 Å². The molecule has 1 aliphatic heterocycles. The predicted octanol–water partition coefficient (Wildman–Crippen LogP) is 7.54. The topological polar surface area (TPSA) is 117 Å². The third kappa shape index (κ3) is 53.0. The van der Waals surface area contributed by atoms with Gasteiger partial charge in [-0.3, -0.25) is 4.99 Å². The van der Waals surface area contributed by atoms with Crippen molar-refractivity contribution in [3.8, 4) is 24.3 Å². The van der Waals surface area contributed by atoms with Gasteiger partial charge < -0.3 is 4.74 Å². The molecule has 14 heteroatoms. The predicted molar refractivity (Wildman–Crippen MR) is 111 cm³/mol. The van der Waals surface area contributed by atoms with E-state index in [1.54, 1.807) is 24.3 Å². The molecule has 186 valence electrons. The van der Waals surface area contributed by atoms with Gasteiger partial charge in [-0.2, -0.15) is 21.0 Å². The molecule has 1 heterocycles. The summed E-state index contributed by atoms with van der Waals surface area (Å²) < 4.78 is 64.7. The Bertz CT molecular complexity index is 791. The van der Waals surface area contributed by atoms with Crippen LogP contribution in [0.4, 0.5) is 25.2 Å². The molecule has 0 aromatic heterocycles. The van der Waals surface area contributed by atoms with E-state index in [1.807, 2.05) is 24.3 Å². The Hall–Kier alpha value is -2.72. The second-order valence-electron chi connectivity index (χ2n) is 5.65. The number of hydrogen-bond donors (Lipinski definition) is 0. The smallest absolute Gasteiger partial charge is 2.00 e. The number of ether oxygens (including phenoxy) is 1. The van der Waals surface area contributed by atoms with Crippen molar-refractivity contribution in [1.82, 2.24) is 0 Å². The van der Waals surface area contributed by atoms with E-state index < -0.39 is 7.81 Å². The van der Waals surface area contributed by atoms with E-state index in [1.165, 1.54) is 27.7 Å². The molecule has 0 aliphatic carbocycles. The Labute approximate surface area is 203 Å². The molecule has 0 fully saturated rings. The van der Waals surface area contributed by atoms with E-state index in [9.17, 15) is 25.2 Å². The zero-order chi connectivity index (χ0) is 26.5. The molecule has 6 nitrogen and oxygen atoms in total. The Morgan fingerprint density at radius 1 is 0.879 bits per heavy atom. The molecule has 1 aromatic carbocycles. The minimum Gasteiger partial charge on any atom is 2.00 e. The summed E-state index contributed by atoms with van der Waals surface area (Å²) in [5.41, 5.74) is 0.854. The van der Waals surface area contributed by atoms with E-state index in [2.05, 4.69) is 24.9 Å². The van der Waals surface area contributed by atoms with E-state index in [-0.39, 0.29) is 25.0 Å². The molecule has 2 rings (SSSR count). The number of benzene rings is 1. The largest absolute Gasteiger partial charge is 2.00 e. The van der Waals surface area contributed by atoms with Crippen LogP contribution in [0.3, 0.4) is 0 Å². The third-order valence-corrected chi connectivity index (χ3v) is 1.91. The Kier molecular flexibility index (Phi) is 21.9. The molecule has 0 atom stereocenters.